The summed E-state index contributed by atoms with van der Waals surface area (Å²) < 4.78 is 7.79. The summed E-state index contributed by atoms with van der Waals surface area (Å²) in [6.45, 7) is -0.875. The topological polar surface area (TPSA) is 66.7 Å². The summed E-state index contributed by atoms with van der Waals surface area (Å²) in [4.78, 5) is 22.3. The third-order valence-electron chi connectivity index (χ3n) is 1.68. The highest BCUT2D eigenvalue weighted by atomic mass is 35.6. The van der Waals surface area contributed by atoms with Crippen molar-refractivity contribution in [3.63, 3.8) is 0 Å². The second kappa shape index (κ2) is 7.43. The Bertz CT molecular complexity index is 433. The van der Waals surface area contributed by atoms with E-state index in [0.717, 1.165) is 0 Å². The Morgan fingerprint density at radius 3 is 2.37 bits per heavy atom. The summed E-state index contributed by atoms with van der Waals surface area (Å²) in [5.74, 6) is -0.307. The average molecular weight is 326 g/mol. The number of ether oxygens (including phenoxy) is 2. The summed E-state index contributed by atoms with van der Waals surface area (Å²) in [6.07, 6.45) is -1.13. The number of carbonyl (C=O) groups excluding carboxylic acids is 2. The molecule has 0 saturated heterocycles. The van der Waals surface area contributed by atoms with E-state index in [2.05, 4.69) is 10.1 Å². The van der Waals surface area contributed by atoms with Gasteiger partial charge in [-0.1, -0.05) is 53.0 Å². The van der Waals surface area contributed by atoms with Crippen LogP contribution in [0.25, 0.3) is 0 Å². The quantitative estimate of drug-likeness (QED) is 0.798. The second-order valence-corrected chi connectivity index (χ2v) is 5.79. The van der Waals surface area contributed by atoms with E-state index < -0.39 is 22.4 Å². The van der Waals surface area contributed by atoms with Gasteiger partial charge in [0.1, 0.15) is 12.4 Å². The van der Waals surface area contributed by atoms with E-state index in [1.807, 2.05) is 0 Å². The van der Waals surface area contributed by atoms with E-state index in [1.54, 1.807) is 30.3 Å². The molecule has 103 valence electrons. The molecular formula is C11H9Cl3NO4. The van der Waals surface area contributed by atoms with Crippen LogP contribution in [0.5, 0.6) is 5.75 Å². The molecule has 1 aromatic carbocycles. The number of carbonyl (C=O) groups is 2. The van der Waals surface area contributed by atoms with Gasteiger partial charge in [-0.25, -0.2) is 4.79 Å². The van der Waals surface area contributed by atoms with Gasteiger partial charge in [-0.3, -0.25) is 4.79 Å². The number of hydrogen-bond donors (Lipinski definition) is 0. The van der Waals surface area contributed by atoms with Crippen molar-refractivity contribution in [3.05, 3.63) is 30.3 Å². The fourth-order valence-corrected chi connectivity index (χ4v) is 1.14. The fourth-order valence-electron chi connectivity index (χ4n) is 0.972. The normalized spacial score (nSPS) is 10.7. The average Bonchev–Trinajstić information content (AvgIpc) is 2.34. The fraction of sp³-hybridized carbons (Fsp3) is 0.273. The van der Waals surface area contributed by atoms with E-state index in [-0.39, 0.29) is 6.61 Å². The molecule has 0 spiro atoms. The molecule has 0 aliphatic rings. The van der Waals surface area contributed by atoms with E-state index in [9.17, 15) is 9.59 Å². The molecule has 2 amide bonds. The largest absolute Gasteiger partial charge is 0.484 e. The van der Waals surface area contributed by atoms with Gasteiger partial charge in [-0.05, 0) is 12.1 Å². The van der Waals surface area contributed by atoms with Crippen LogP contribution in [0.15, 0.2) is 30.3 Å². The number of alkyl halides is 3. The van der Waals surface area contributed by atoms with Crippen molar-refractivity contribution in [1.29, 1.82) is 0 Å². The van der Waals surface area contributed by atoms with Gasteiger partial charge in [0.05, 0.1) is 0 Å². The molecule has 1 aromatic rings. The minimum atomic E-state index is -1.74. The van der Waals surface area contributed by atoms with Crippen LogP contribution in [0.2, 0.25) is 0 Å². The van der Waals surface area contributed by atoms with Crippen molar-refractivity contribution in [1.82, 2.24) is 5.32 Å². The lowest BCUT2D eigenvalue weighted by Crippen LogP contribution is -2.30. The standard InChI is InChI=1S/C11H9Cl3NO4/c12-11(13,14)7-19-10(17)15-9(16)6-18-8-4-2-1-3-5-8/h1-5H,6-7H2. The minimum Gasteiger partial charge on any atom is -0.484 e. The lowest BCUT2D eigenvalue weighted by atomic mass is 10.3. The van der Waals surface area contributed by atoms with Gasteiger partial charge in [0.25, 0.3) is 5.91 Å². The zero-order valence-electron chi connectivity index (χ0n) is 9.52. The molecule has 0 aromatic heterocycles. The maximum Gasteiger partial charge on any atom is 0.437 e. The molecule has 0 heterocycles. The van der Waals surface area contributed by atoms with E-state index in [0.29, 0.717) is 5.75 Å². The monoisotopic (exact) mass is 324 g/mol. The van der Waals surface area contributed by atoms with Gasteiger partial charge in [-0.2, -0.15) is 0 Å². The van der Waals surface area contributed by atoms with Crippen LogP contribution in [0.1, 0.15) is 0 Å². The first-order chi connectivity index (χ1) is 8.87. The Kier molecular flexibility index (Phi) is 6.21. The molecule has 0 aliphatic carbocycles. The summed E-state index contributed by atoms with van der Waals surface area (Å²) in [5.41, 5.74) is 0. The third-order valence-corrected chi connectivity index (χ3v) is 2.01. The van der Waals surface area contributed by atoms with Crippen LogP contribution in [0.4, 0.5) is 4.79 Å². The molecule has 19 heavy (non-hydrogen) atoms. The number of halogens is 3. The van der Waals surface area contributed by atoms with E-state index in [1.165, 1.54) is 0 Å². The first-order valence-corrected chi connectivity index (χ1v) is 6.16. The highest BCUT2D eigenvalue weighted by Crippen LogP contribution is 2.25. The van der Waals surface area contributed by atoms with Crippen LogP contribution < -0.4 is 10.1 Å². The number of para-hydroxylation sites is 1. The maximum atomic E-state index is 11.3. The molecule has 0 unspecified atom stereocenters. The number of hydrogen-bond acceptors (Lipinski definition) is 4. The number of nitrogens with zero attached hydrogens (tertiary/aromatic N) is 1. The zero-order valence-corrected chi connectivity index (χ0v) is 11.8. The molecule has 0 fully saturated rings. The van der Waals surface area contributed by atoms with Gasteiger partial charge >= 0.3 is 6.09 Å². The van der Waals surface area contributed by atoms with Crippen LogP contribution in [-0.4, -0.2) is 29.0 Å². The van der Waals surface area contributed by atoms with Crippen molar-refractivity contribution in [2.75, 3.05) is 13.2 Å². The minimum absolute atomic E-state index is 0.382. The number of rotatable bonds is 4. The Morgan fingerprint density at radius 1 is 1.16 bits per heavy atom. The maximum absolute atomic E-state index is 11.3. The Balaban J connectivity index is 2.26. The molecule has 0 atom stereocenters. The molecule has 0 N–H and O–H groups in total. The van der Waals surface area contributed by atoms with Crippen molar-refractivity contribution in [2.45, 2.75) is 3.79 Å². The smallest absolute Gasteiger partial charge is 0.437 e. The molecule has 0 saturated carbocycles. The zero-order chi connectivity index (χ0) is 14.3. The van der Waals surface area contributed by atoms with Crippen molar-refractivity contribution >= 4 is 46.8 Å². The highest BCUT2D eigenvalue weighted by Gasteiger charge is 2.23. The molecule has 1 radical (unpaired) electrons. The van der Waals surface area contributed by atoms with Gasteiger partial charge in [0, 0.05) is 0 Å². The molecule has 5 nitrogen and oxygen atoms in total. The van der Waals surface area contributed by atoms with E-state index in [4.69, 9.17) is 39.5 Å². The molecule has 1 rings (SSSR count). The summed E-state index contributed by atoms with van der Waals surface area (Å²) in [5, 5.41) is 3.09. The Hall–Kier alpha value is -1.17. The van der Waals surface area contributed by atoms with Crippen LogP contribution in [0.3, 0.4) is 0 Å². The van der Waals surface area contributed by atoms with Crippen molar-refractivity contribution in [3.8, 4) is 5.75 Å². The summed E-state index contributed by atoms with van der Waals surface area (Å²) in [7, 11) is 0. The van der Waals surface area contributed by atoms with Crippen molar-refractivity contribution in [2.24, 2.45) is 0 Å². The Morgan fingerprint density at radius 2 is 1.79 bits per heavy atom. The van der Waals surface area contributed by atoms with Gasteiger partial charge in [0.15, 0.2) is 6.61 Å². The SMILES string of the molecule is O=C(COc1ccccc1)[N]C(=O)OCC(Cl)(Cl)Cl. The summed E-state index contributed by atoms with van der Waals surface area (Å²) >= 11 is 16.1. The summed E-state index contributed by atoms with van der Waals surface area (Å²) in [6, 6.07) is 8.61. The van der Waals surface area contributed by atoms with Gasteiger partial charge in [-0.15, -0.1) is 5.32 Å². The predicted molar refractivity (Wildman–Crippen MR) is 70.7 cm³/mol. The Labute approximate surface area is 124 Å². The predicted octanol–water partition coefficient (Wildman–Crippen LogP) is 2.70. The third kappa shape index (κ3) is 7.77. The molecular weight excluding hydrogens is 316 g/mol. The highest BCUT2D eigenvalue weighted by molar-refractivity contribution is 6.67. The second-order valence-electron chi connectivity index (χ2n) is 3.28. The first-order valence-electron chi connectivity index (χ1n) is 5.03. The molecule has 0 bridgehead atoms. The van der Waals surface area contributed by atoms with E-state index >= 15 is 0 Å². The number of imide groups is 1. The van der Waals surface area contributed by atoms with Crippen LogP contribution in [0, 0.1) is 0 Å². The molecule has 8 heteroatoms. The first kappa shape index (κ1) is 15.9. The molecule has 0 aliphatic heterocycles. The lowest BCUT2D eigenvalue weighted by Gasteiger charge is -2.10. The van der Waals surface area contributed by atoms with Gasteiger partial charge in [0.2, 0.25) is 3.79 Å². The number of benzene rings is 1. The van der Waals surface area contributed by atoms with Crippen LogP contribution in [-0.2, 0) is 9.53 Å². The lowest BCUT2D eigenvalue weighted by molar-refractivity contribution is -0.122. The number of amides is 2. The van der Waals surface area contributed by atoms with Crippen molar-refractivity contribution < 1.29 is 19.1 Å². The van der Waals surface area contributed by atoms with Crippen LogP contribution >= 0.6 is 34.8 Å². The van der Waals surface area contributed by atoms with Gasteiger partial charge < -0.3 is 9.47 Å².